The zero-order valence-electron chi connectivity index (χ0n) is 14.0. The van der Waals surface area contributed by atoms with Gasteiger partial charge in [-0.15, -0.1) is 23.4 Å². The first-order chi connectivity index (χ1) is 12.7. The summed E-state index contributed by atoms with van der Waals surface area (Å²) in [5.74, 6) is 0.362. The van der Waals surface area contributed by atoms with E-state index in [0.717, 1.165) is 27.5 Å². The maximum Gasteiger partial charge on any atom is 0.279 e. The first-order valence-corrected chi connectivity index (χ1v) is 9.27. The summed E-state index contributed by atoms with van der Waals surface area (Å²) in [7, 11) is 0. The summed E-state index contributed by atoms with van der Waals surface area (Å²) in [6.07, 6.45) is 2.37. The van der Waals surface area contributed by atoms with Gasteiger partial charge in [-0.1, -0.05) is 24.3 Å². The zero-order valence-corrected chi connectivity index (χ0v) is 14.8. The number of rotatable bonds is 3. The third-order valence-corrected chi connectivity index (χ3v) is 5.40. The topological polar surface area (TPSA) is 45.0 Å². The van der Waals surface area contributed by atoms with Crippen LogP contribution < -0.4 is 4.90 Å². The smallest absolute Gasteiger partial charge is 0.279 e. The van der Waals surface area contributed by atoms with Crippen LogP contribution in [-0.2, 0) is 4.79 Å². The summed E-state index contributed by atoms with van der Waals surface area (Å²) < 4.78 is 13.6. The SMILES string of the molecule is C=CCN1C(=O)/C(=N\N=C2CCSc3ccc(F)cc32)c2ccccc21. The van der Waals surface area contributed by atoms with Gasteiger partial charge < -0.3 is 4.90 Å². The molecule has 0 aliphatic carbocycles. The Morgan fingerprint density at radius 1 is 1.19 bits per heavy atom. The number of amides is 1. The molecule has 2 aromatic carbocycles. The number of hydrogen-bond donors (Lipinski definition) is 0. The predicted octanol–water partition coefficient (Wildman–Crippen LogP) is 4.05. The Balaban J connectivity index is 1.76. The molecule has 2 heterocycles. The molecule has 0 bridgehead atoms. The molecule has 0 radical (unpaired) electrons. The normalized spacial score (nSPS) is 19.0. The van der Waals surface area contributed by atoms with Crippen molar-refractivity contribution in [3.05, 3.63) is 72.1 Å². The molecule has 1 amide bonds. The Labute approximate surface area is 155 Å². The van der Waals surface area contributed by atoms with Gasteiger partial charge >= 0.3 is 0 Å². The van der Waals surface area contributed by atoms with Crippen molar-refractivity contribution in [2.75, 3.05) is 17.2 Å². The lowest BCUT2D eigenvalue weighted by atomic mass is 10.1. The monoisotopic (exact) mass is 365 g/mol. The highest BCUT2D eigenvalue weighted by Gasteiger charge is 2.33. The maximum absolute atomic E-state index is 13.6. The summed E-state index contributed by atoms with van der Waals surface area (Å²) in [4.78, 5) is 15.4. The number of hydrogen-bond acceptors (Lipinski definition) is 4. The highest BCUT2D eigenvalue weighted by atomic mass is 32.2. The van der Waals surface area contributed by atoms with E-state index in [1.807, 2.05) is 24.3 Å². The van der Waals surface area contributed by atoms with Gasteiger partial charge in [0.15, 0.2) is 5.71 Å². The fourth-order valence-corrected chi connectivity index (χ4v) is 4.14. The minimum Gasteiger partial charge on any atom is -0.302 e. The van der Waals surface area contributed by atoms with Crippen LogP contribution in [0.1, 0.15) is 17.5 Å². The van der Waals surface area contributed by atoms with Crippen LogP contribution in [0.4, 0.5) is 10.1 Å². The number of benzene rings is 2. The van der Waals surface area contributed by atoms with Crippen LogP contribution >= 0.6 is 11.8 Å². The Kier molecular flexibility index (Phi) is 4.42. The molecule has 2 aromatic rings. The minimum atomic E-state index is -0.300. The highest BCUT2D eigenvalue weighted by Crippen LogP contribution is 2.32. The number of halogens is 1. The minimum absolute atomic E-state index is 0.194. The van der Waals surface area contributed by atoms with Gasteiger partial charge in [-0.3, -0.25) is 4.79 Å². The number of thioether (sulfide) groups is 1. The summed E-state index contributed by atoms with van der Waals surface area (Å²) in [5, 5.41) is 8.62. The van der Waals surface area contributed by atoms with E-state index < -0.39 is 0 Å². The summed E-state index contributed by atoms with van der Waals surface area (Å²) in [5.41, 5.74) is 3.34. The molecule has 2 aliphatic rings. The average molecular weight is 365 g/mol. The number of carbonyl (C=O) groups is 1. The molecule has 130 valence electrons. The Bertz CT molecular complexity index is 967. The van der Waals surface area contributed by atoms with E-state index in [1.165, 1.54) is 12.1 Å². The van der Waals surface area contributed by atoms with Gasteiger partial charge in [-0.05, 0) is 24.3 Å². The lowest BCUT2D eigenvalue weighted by Crippen LogP contribution is -2.30. The fourth-order valence-electron chi connectivity index (χ4n) is 3.13. The lowest BCUT2D eigenvalue weighted by Gasteiger charge is -2.16. The van der Waals surface area contributed by atoms with Crippen LogP contribution in [0.5, 0.6) is 0 Å². The molecule has 6 heteroatoms. The van der Waals surface area contributed by atoms with Gasteiger partial charge in [0.25, 0.3) is 5.91 Å². The van der Waals surface area contributed by atoms with Crippen LogP contribution in [0.3, 0.4) is 0 Å². The second-order valence-corrected chi connectivity index (χ2v) is 7.09. The van der Waals surface area contributed by atoms with Gasteiger partial charge in [0.05, 0.1) is 11.4 Å². The maximum atomic E-state index is 13.6. The molecule has 0 N–H and O–H groups in total. The van der Waals surface area contributed by atoms with Crippen molar-refractivity contribution in [1.29, 1.82) is 0 Å². The third-order valence-electron chi connectivity index (χ3n) is 4.33. The Morgan fingerprint density at radius 3 is 2.88 bits per heavy atom. The molecule has 0 saturated carbocycles. The standard InChI is InChI=1S/C20H16FN3OS/c1-2-10-24-17-6-4-3-5-14(17)19(20(24)25)23-22-16-9-11-26-18-8-7-13(21)12-15(16)18/h2-8,12H,1,9-11H2/b22-16?,23-19-. The average Bonchev–Trinajstić information content (AvgIpc) is 2.92. The highest BCUT2D eigenvalue weighted by molar-refractivity contribution is 7.99. The van der Waals surface area contributed by atoms with Crippen LogP contribution in [0.2, 0.25) is 0 Å². The van der Waals surface area contributed by atoms with Crippen molar-refractivity contribution in [1.82, 2.24) is 0 Å². The quantitative estimate of drug-likeness (QED) is 0.608. The zero-order chi connectivity index (χ0) is 18.1. The number of anilines is 1. The van der Waals surface area contributed by atoms with Crippen molar-refractivity contribution < 1.29 is 9.18 Å². The van der Waals surface area contributed by atoms with Crippen molar-refractivity contribution in [2.45, 2.75) is 11.3 Å². The summed E-state index contributed by atoms with van der Waals surface area (Å²) in [6, 6.07) is 12.2. The van der Waals surface area contributed by atoms with Gasteiger partial charge in [0.1, 0.15) is 5.82 Å². The third kappa shape index (κ3) is 2.86. The van der Waals surface area contributed by atoms with Crippen LogP contribution in [0.15, 0.2) is 70.2 Å². The van der Waals surface area contributed by atoms with Gasteiger partial charge in [-0.25, -0.2) is 4.39 Å². The van der Waals surface area contributed by atoms with Crippen molar-refractivity contribution in [2.24, 2.45) is 10.2 Å². The predicted molar refractivity (Wildman–Crippen MR) is 104 cm³/mol. The largest absolute Gasteiger partial charge is 0.302 e. The van der Waals surface area contributed by atoms with E-state index >= 15 is 0 Å². The molecule has 2 aliphatic heterocycles. The second kappa shape index (κ2) is 6.88. The van der Waals surface area contributed by atoms with Crippen molar-refractivity contribution in [3.63, 3.8) is 0 Å². The second-order valence-electron chi connectivity index (χ2n) is 5.96. The van der Waals surface area contributed by atoms with Gasteiger partial charge in [-0.2, -0.15) is 5.10 Å². The Morgan fingerprint density at radius 2 is 2.04 bits per heavy atom. The fraction of sp³-hybridized carbons (Fsp3) is 0.150. The molecule has 0 saturated heterocycles. The lowest BCUT2D eigenvalue weighted by molar-refractivity contribution is -0.112. The van der Waals surface area contributed by atoms with Crippen LogP contribution in [-0.4, -0.2) is 29.6 Å². The first kappa shape index (κ1) is 16.7. The molecule has 0 fully saturated rings. The van der Waals surface area contributed by atoms with Gasteiger partial charge in [0, 0.05) is 34.7 Å². The van der Waals surface area contributed by atoms with Crippen molar-refractivity contribution in [3.8, 4) is 0 Å². The molecular formula is C20H16FN3OS. The molecule has 4 nitrogen and oxygen atoms in total. The number of fused-ring (bicyclic) bond motifs is 2. The van der Waals surface area contributed by atoms with E-state index in [-0.39, 0.29) is 11.7 Å². The molecule has 0 atom stereocenters. The summed E-state index contributed by atoms with van der Waals surface area (Å²) >= 11 is 1.67. The molecule has 26 heavy (non-hydrogen) atoms. The van der Waals surface area contributed by atoms with E-state index in [2.05, 4.69) is 16.8 Å². The van der Waals surface area contributed by atoms with E-state index in [4.69, 9.17) is 0 Å². The molecular weight excluding hydrogens is 349 g/mol. The molecule has 0 spiro atoms. The van der Waals surface area contributed by atoms with E-state index in [1.54, 1.807) is 28.8 Å². The van der Waals surface area contributed by atoms with Crippen LogP contribution in [0.25, 0.3) is 0 Å². The molecule has 0 unspecified atom stereocenters. The number of nitrogens with zero attached hydrogens (tertiary/aromatic N) is 3. The molecule has 4 rings (SSSR count). The summed E-state index contributed by atoms with van der Waals surface area (Å²) in [6.45, 7) is 4.12. The number of para-hydroxylation sites is 1. The van der Waals surface area contributed by atoms with Crippen molar-refractivity contribution >= 4 is 34.8 Å². The Hall–Kier alpha value is -2.73. The molecule has 0 aromatic heterocycles. The number of carbonyl (C=O) groups excluding carboxylic acids is 1. The van der Waals surface area contributed by atoms with E-state index in [0.29, 0.717) is 24.4 Å². The van der Waals surface area contributed by atoms with Crippen LogP contribution in [0, 0.1) is 5.82 Å². The van der Waals surface area contributed by atoms with Gasteiger partial charge in [0.2, 0.25) is 0 Å². The first-order valence-electron chi connectivity index (χ1n) is 8.28. The van der Waals surface area contributed by atoms with E-state index in [9.17, 15) is 9.18 Å².